The Morgan fingerprint density at radius 1 is 1.13 bits per heavy atom. The molecular formula is C20H30O3. The average molecular weight is 318 g/mol. The van der Waals surface area contributed by atoms with Gasteiger partial charge in [-0.15, -0.1) is 0 Å². The summed E-state index contributed by atoms with van der Waals surface area (Å²) >= 11 is 0. The number of fused-ring (bicyclic) bond motifs is 2. The summed E-state index contributed by atoms with van der Waals surface area (Å²) in [5.41, 5.74) is 5.26. The highest BCUT2D eigenvalue weighted by atomic mass is 16.6. The Hall–Kier alpha value is -0.900. The van der Waals surface area contributed by atoms with E-state index in [1.165, 1.54) is 22.3 Å². The minimum atomic E-state index is -0.407. The number of aliphatic hydroxyl groups excluding tert-OH is 1. The van der Waals surface area contributed by atoms with Gasteiger partial charge in [-0.25, -0.2) is 0 Å². The molecule has 0 radical (unpaired) electrons. The quantitative estimate of drug-likeness (QED) is 0.540. The molecule has 0 bridgehead atoms. The van der Waals surface area contributed by atoms with Gasteiger partial charge in [0.1, 0.15) is 0 Å². The second kappa shape index (κ2) is 6.54. The first-order chi connectivity index (χ1) is 10.9. The van der Waals surface area contributed by atoms with E-state index in [4.69, 9.17) is 9.47 Å². The van der Waals surface area contributed by atoms with Crippen molar-refractivity contribution in [1.82, 2.24) is 0 Å². The third-order valence-corrected chi connectivity index (χ3v) is 5.54. The largest absolute Gasteiger partial charge is 0.389 e. The van der Waals surface area contributed by atoms with Gasteiger partial charge < -0.3 is 14.6 Å². The van der Waals surface area contributed by atoms with Crippen LogP contribution in [0.5, 0.6) is 0 Å². The molecule has 1 N–H and O–H groups in total. The Bertz CT molecular complexity index is 557. The zero-order valence-corrected chi connectivity index (χ0v) is 14.9. The summed E-state index contributed by atoms with van der Waals surface area (Å²) in [7, 11) is 0. The molecule has 0 amide bonds. The van der Waals surface area contributed by atoms with E-state index in [9.17, 15) is 5.11 Å². The number of rotatable bonds is 0. The van der Waals surface area contributed by atoms with E-state index in [0.29, 0.717) is 12.5 Å². The molecule has 3 nitrogen and oxygen atoms in total. The molecule has 4 atom stereocenters. The summed E-state index contributed by atoms with van der Waals surface area (Å²) in [6.45, 7) is 9.34. The van der Waals surface area contributed by atoms with Crippen LogP contribution >= 0.6 is 0 Å². The van der Waals surface area contributed by atoms with E-state index in [-0.39, 0.29) is 11.7 Å². The maximum absolute atomic E-state index is 10.3. The highest BCUT2D eigenvalue weighted by Gasteiger charge is 2.51. The first kappa shape index (κ1) is 16.9. The Labute approximate surface area is 140 Å². The molecule has 3 rings (SSSR count). The van der Waals surface area contributed by atoms with Crippen LogP contribution in [0, 0.1) is 0 Å². The van der Waals surface area contributed by atoms with Gasteiger partial charge in [-0.1, -0.05) is 23.3 Å². The molecule has 3 aliphatic rings. The first-order valence-corrected chi connectivity index (χ1v) is 8.88. The fourth-order valence-electron chi connectivity index (χ4n) is 3.90. The lowest BCUT2D eigenvalue weighted by molar-refractivity contribution is 0.149. The number of hydrogen-bond acceptors (Lipinski definition) is 3. The van der Waals surface area contributed by atoms with Gasteiger partial charge >= 0.3 is 0 Å². The fraction of sp³-hybridized carbons (Fsp3) is 0.700. The van der Waals surface area contributed by atoms with Crippen molar-refractivity contribution >= 4 is 0 Å². The number of ether oxygens (including phenoxy) is 2. The van der Waals surface area contributed by atoms with Crippen LogP contribution in [0.2, 0.25) is 0 Å². The van der Waals surface area contributed by atoms with Gasteiger partial charge in [0.05, 0.1) is 30.5 Å². The van der Waals surface area contributed by atoms with Crippen LogP contribution in [0.1, 0.15) is 59.8 Å². The van der Waals surface area contributed by atoms with E-state index < -0.39 is 6.10 Å². The molecule has 0 aromatic heterocycles. The molecule has 23 heavy (non-hydrogen) atoms. The van der Waals surface area contributed by atoms with Crippen LogP contribution in [-0.4, -0.2) is 35.6 Å². The van der Waals surface area contributed by atoms with E-state index >= 15 is 0 Å². The van der Waals surface area contributed by atoms with E-state index in [1.54, 1.807) is 0 Å². The van der Waals surface area contributed by atoms with Crippen LogP contribution in [-0.2, 0) is 9.47 Å². The van der Waals surface area contributed by atoms with Crippen molar-refractivity contribution in [3.8, 4) is 0 Å². The summed E-state index contributed by atoms with van der Waals surface area (Å²) in [5, 5.41) is 10.3. The highest BCUT2D eigenvalue weighted by molar-refractivity contribution is 5.29. The third-order valence-electron chi connectivity index (χ3n) is 5.54. The Morgan fingerprint density at radius 3 is 2.70 bits per heavy atom. The SMILES string of the molecule is CC1=CC(O)CC(C)=CC2OCC(C)=C2CCC2(C)OC2CC1. The summed E-state index contributed by atoms with van der Waals surface area (Å²) in [6.07, 6.45) is 9.09. The highest BCUT2D eigenvalue weighted by Crippen LogP contribution is 2.45. The second-order valence-corrected chi connectivity index (χ2v) is 7.79. The van der Waals surface area contributed by atoms with Crippen LogP contribution < -0.4 is 0 Å². The van der Waals surface area contributed by atoms with Gasteiger partial charge in [-0.05, 0) is 70.9 Å². The lowest BCUT2D eigenvalue weighted by Gasteiger charge is -2.16. The van der Waals surface area contributed by atoms with Crippen molar-refractivity contribution in [3.05, 3.63) is 34.4 Å². The van der Waals surface area contributed by atoms with Crippen LogP contribution in [0.3, 0.4) is 0 Å². The molecule has 2 heterocycles. The standard InChI is InChI=1S/C20H30O3/c1-13-5-6-19-20(4,23-19)8-7-17-15(3)12-22-18(17)11-14(2)10-16(21)9-13/h9,11,16,18-19,21H,5-8,10,12H2,1-4H3. The Balaban J connectivity index is 1.81. The number of epoxide rings is 1. The van der Waals surface area contributed by atoms with Crippen LogP contribution in [0.4, 0.5) is 0 Å². The third kappa shape index (κ3) is 3.96. The number of allylic oxidation sites excluding steroid dienone is 1. The average Bonchev–Trinajstić information content (AvgIpc) is 2.99. The van der Waals surface area contributed by atoms with Gasteiger partial charge in [0.25, 0.3) is 0 Å². The molecule has 4 unspecified atom stereocenters. The van der Waals surface area contributed by atoms with Crippen LogP contribution in [0.15, 0.2) is 34.4 Å². The predicted octanol–water partition coefficient (Wildman–Crippen LogP) is 4.08. The second-order valence-electron chi connectivity index (χ2n) is 7.79. The molecule has 2 aliphatic heterocycles. The molecule has 0 spiro atoms. The topological polar surface area (TPSA) is 42.0 Å². The smallest absolute Gasteiger partial charge is 0.0977 e. The van der Waals surface area contributed by atoms with Crippen molar-refractivity contribution in [1.29, 1.82) is 0 Å². The lowest BCUT2D eigenvalue weighted by Crippen LogP contribution is -2.15. The summed E-state index contributed by atoms with van der Waals surface area (Å²) in [5.74, 6) is 0. The molecule has 1 fully saturated rings. The Morgan fingerprint density at radius 2 is 1.91 bits per heavy atom. The van der Waals surface area contributed by atoms with E-state index in [1.807, 2.05) is 6.08 Å². The van der Waals surface area contributed by atoms with Crippen molar-refractivity contribution in [2.75, 3.05) is 6.61 Å². The monoisotopic (exact) mass is 318 g/mol. The van der Waals surface area contributed by atoms with Crippen molar-refractivity contribution in [3.63, 3.8) is 0 Å². The summed E-state index contributed by atoms with van der Waals surface area (Å²) in [6, 6.07) is 0. The molecule has 1 saturated heterocycles. The van der Waals surface area contributed by atoms with Gasteiger partial charge in [-0.2, -0.15) is 0 Å². The maximum atomic E-state index is 10.3. The predicted molar refractivity (Wildman–Crippen MR) is 92.3 cm³/mol. The summed E-state index contributed by atoms with van der Waals surface area (Å²) in [4.78, 5) is 0. The van der Waals surface area contributed by atoms with Crippen molar-refractivity contribution in [2.45, 2.75) is 83.7 Å². The molecule has 1 aliphatic carbocycles. The van der Waals surface area contributed by atoms with Gasteiger partial charge in [-0.3, -0.25) is 0 Å². The lowest BCUT2D eigenvalue weighted by atomic mass is 9.90. The van der Waals surface area contributed by atoms with Gasteiger partial charge in [0.2, 0.25) is 0 Å². The van der Waals surface area contributed by atoms with Crippen molar-refractivity contribution < 1.29 is 14.6 Å². The van der Waals surface area contributed by atoms with E-state index in [2.05, 4.69) is 33.8 Å². The number of hydrogen-bond donors (Lipinski definition) is 1. The molecule has 128 valence electrons. The number of aliphatic hydroxyl groups is 1. The maximum Gasteiger partial charge on any atom is 0.0977 e. The van der Waals surface area contributed by atoms with Gasteiger partial charge in [0.15, 0.2) is 0 Å². The van der Waals surface area contributed by atoms with Gasteiger partial charge in [0, 0.05) is 0 Å². The fourth-order valence-corrected chi connectivity index (χ4v) is 3.90. The zero-order valence-electron chi connectivity index (χ0n) is 14.9. The molecule has 3 heteroatoms. The minimum absolute atomic E-state index is 0.0300. The van der Waals surface area contributed by atoms with Crippen molar-refractivity contribution in [2.24, 2.45) is 0 Å². The minimum Gasteiger partial charge on any atom is -0.389 e. The van der Waals surface area contributed by atoms with E-state index in [0.717, 1.165) is 32.3 Å². The summed E-state index contributed by atoms with van der Waals surface area (Å²) < 4.78 is 11.9. The first-order valence-electron chi connectivity index (χ1n) is 8.88. The molecular weight excluding hydrogens is 288 g/mol. The Kier molecular flexibility index (Phi) is 4.82. The molecule has 0 aromatic rings. The molecule has 0 saturated carbocycles. The molecule has 0 aromatic carbocycles. The van der Waals surface area contributed by atoms with Crippen LogP contribution in [0.25, 0.3) is 0 Å². The normalized spacial score (nSPS) is 39.1. The zero-order chi connectivity index (χ0) is 16.6.